The third kappa shape index (κ3) is 7.03. The largest absolute Gasteiger partial charge is 0.453 e. The maximum atomic E-state index is 13.7. The molecule has 0 radical (unpaired) electrons. The van der Waals surface area contributed by atoms with Crippen molar-refractivity contribution >= 4 is 46.1 Å². The number of carbonyl (C=O) groups is 3. The number of aromatic nitrogens is 1. The first kappa shape index (κ1) is 27.4. The number of anilines is 1. The topological polar surface area (TPSA) is 121 Å². The van der Waals surface area contributed by atoms with Crippen molar-refractivity contribution in [1.82, 2.24) is 15.2 Å². The number of ether oxygens (including phenoxy) is 1. The maximum absolute atomic E-state index is 13.7. The highest BCUT2D eigenvalue weighted by Gasteiger charge is 2.25. The van der Waals surface area contributed by atoms with E-state index in [2.05, 4.69) is 20.4 Å². The Morgan fingerprint density at radius 3 is 2.41 bits per heavy atom. The molecule has 0 aliphatic rings. The minimum atomic E-state index is -0.880. The van der Waals surface area contributed by atoms with E-state index in [1.807, 2.05) is 30.3 Å². The third-order valence-electron chi connectivity index (χ3n) is 6.14. The van der Waals surface area contributed by atoms with Gasteiger partial charge in [-0.25, -0.2) is 4.79 Å². The van der Waals surface area contributed by atoms with Gasteiger partial charge in [0, 0.05) is 53.3 Å². The number of benzene rings is 3. The quantitative estimate of drug-likeness (QED) is 0.303. The van der Waals surface area contributed by atoms with Gasteiger partial charge in [-0.15, -0.1) is 0 Å². The number of carbonyl (C=O) groups excluding carboxylic acids is 3. The minimum Gasteiger partial charge on any atom is -0.453 e. The van der Waals surface area contributed by atoms with Gasteiger partial charge in [0.25, 0.3) is 5.91 Å². The number of nitrogens with zero attached hydrogens (tertiary/aromatic N) is 1. The number of aromatic amines is 1. The highest BCUT2D eigenvalue weighted by atomic mass is 35.5. The summed E-state index contributed by atoms with van der Waals surface area (Å²) in [4.78, 5) is 54.7. The van der Waals surface area contributed by atoms with Crippen molar-refractivity contribution in [2.45, 2.75) is 19.0 Å². The molecule has 10 heteroatoms. The fourth-order valence-corrected chi connectivity index (χ4v) is 4.36. The summed E-state index contributed by atoms with van der Waals surface area (Å²) < 4.78 is 4.57. The van der Waals surface area contributed by atoms with Crippen LogP contribution in [0.25, 0.3) is 10.9 Å². The first-order valence-corrected chi connectivity index (χ1v) is 12.5. The van der Waals surface area contributed by atoms with Crippen LogP contribution in [0.3, 0.4) is 0 Å². The molecule has 4 rings (SSSR count). The summed E-state index contributed by atoms with van der Waals surface area (Å²) in [5, 5.41) is 6.60. The Hall–Kier alpha value is -4.63. The van der Waals surface area contributed by atoms with E-state index in [0.717, 1.165) is 10.9 Å². The highest BCUT2D eigenvalue weighted by molar-refractivity contribution is 6.31. The van der Waals surface area contributed by atoms with Gasteiger partial charge in [-0.2, -0.15) is 0 Å². The van der Waals surface area contributed by atoms with Crippen LogP contribution in [-0.4, -0.2) is 48.0 Å². The lowest BCUT2D eigenvalue weighted by atomic mass is 10.0. The van der Waals surface area contributed by atoms with Gasteiger partial charge >= 0.3 is 6.09 Å². The Kier molecular flexibility index (Phi) is 8.63. The number of halogens is 1. The van der Waals surface area contributed by atoms with Gasteiger partial charge in [-0.3, -0.25) is 19.7 Å². The summed E-state index contributed by atoms with van der Waals surface area (Å²) in [5.41, 5.74) is 2.59. The van der Waals surface area contributed by atoms with Crippen LogP contribution in [0.2, 0.25) is 5.02 Å². The van der Waals surface area contributed by atoms with Crippen molar-refractivity contribution in [1.29, 1.82) is 0 Å². The number of amides is 3. The monoisotopic (exact) mass is 546 g/mol. The molecule has 0 aliphatic carbocycles. The number of nitrogens with one attached hydrogen (secondary N) is 3. The van der Waals surface area contributed by atoms with Crippen LogP contribution in [-0.2, 0) is 22.5 Å². The zero-order valence-electron chi connectivity index (χ0n) is 21.4. The molecule has 0 spiro atoms. The summed E-state index contributed by atoms with van der Waals surface area (Å²) >= 11 is 6.18. The first-order chi connectivity index (χ1) is 18.7. The Labute approximate surface area is 229 Å². The zero-order valence-corrected chi connectivity index (χ0v) is 22.1. The molecule has 0 unspecified atom stereocenters. The van der Waals surface area contributed by atoms with Gasteiger partial charge in [-0.1, -0.05) is 41.9 Å². The van der Waals surface area contributed by atoms with E-state index in [9.17, 15) is 19.2 Å². The van der Waals surface area contributed by atoms with E-state index >= 15 is 0 Å². The van der Waals surface area contributed by atoms with Gasteiger partial charge in [0.1, 0.15) is 6.04 Å². The first-order valence-electron chi connectivity index (χ1n) is 12.1. The maximum Gasteiger partial charge on any atom is 0.411 e. The van der Waals surface area contributed by atoms with Gasteiger partial charge in [0.2, 0.25) is 11.5 Å². The molecule has 0 aliphatic heterocycles. The number of hydrogen-bond donors (Lipinski definition) is 3. The summed E-state index contributed by atoms with van der Waals surface area (Å²) in [6.45, 7) is 0.134. The Bertz CT molecular complexity index is 1550. The summed E-state index contributed by atoms with van der Waals surface area (Å²) in [6, 6.07) is 21.3. The van der Waals surface area contributed by atoms with E-state index in [1.54, 1.807) is 49.5 Å². The normalized spacial score (nSPS) is 11.5. The van der Waals surface area contributed by atoms with Crippen LogP contribution in [0.5, 0.6) is 0 Å². The second-order valence-corrected chi connectivity index (χ2v) is 9.39. The van der Waals surface area contributed by atoms with Crippen LogP contribution < -0.4 is 16.2 Å². The number of hydrogen-bond acceptors (Lipinski definition) is 5. The van der Waals surface area contributed by atoms with Gasteiger partial charge in [0.05, 0.1) is 7.11 Å². The predicted molar refractivity (Wildman–Crippen MR) is 150 cm³/mol. The summed E-state index contributed by atoms with van der Waals surface area (Å²) in [5.74, 6) is -0.776. The molecule has 1 heterocycles. The average molecular weight is 547 g/mol. The molecule has 0 saturated heterocycles. The Morgan fingerprint density at radius 2 is 1.72 bits per heavy atom. The molecule has 3 aromatic carbocycles. The second-order valence-electron chi connectivity index (χ2n) is 8.95. The van der Waals surface area contributed by atoms with E-state index in [4.69, 9.17) is 11.6 Å². The molecular weight excluding hydrogens is 520 g/mol. The Morgan fingerprint density at radius 1 is 1.00 bits per heavy atom. The molecular formula is C29H27ClN4O5. The number of likely N-dealkylation sites (N-methyl/N-ethyl adjacent to an activating group) is 1. The van der Waals surface area contributed by atoms with Crippen molar-refractivity contribution in [2.24, 2.45) is 0 Å². The molecule has 39 heavy (non-hydrogen) atoms. The summed E-state index contributed by atoms with van der Waals surface area (Å²) in [7, 11) is 2.88. The average Bonchev–Trinajstić information content (AvgIpc) is 2.93. The molecule has 3 amide bonds. The van der Waals surface area contributed by atoms with Crippen LogP contribution in [0, 0.1) is 0 Å². The second kappa shape index (κ2) is 12.3. The minimum absolute atomic E-state index is 0.134. The van der Waals surface area contributed by atoms with Crippen LogP contribution in [0.15, 0.2) is 83.7 Å². The number of fused-ring (bicyclic) bond motifs is 1. The lowest BCUT2D eigenvalue weighted by Crippen LogP contribution is -2.48. The number of pyridine rings is 1. The lowest BCUT2D eigenvalue weighted by Gasteiger charge is -2.25. The van der Waals surface area contributed by atoms with Crippen LogP contribution in [0.4, 0.5) is 10.5 Å². The molecule has 0 saturated carbocycles. The smallest absolute Gasteiger partial charge is 0.411 e. The zero-order chi connectivity index (χ0) is 27.9. The molecule has 1 aromatic heterocycles. The van der Waals surface area contributed by atoms with Crippen LogP contribution >= 0.6 is 11.6 Å². The van der Waals surface area contributed by atoms with Crippen molar-refractivity contribution < 1.29 is 19.1 Å². The van der Waals surface area contributed by atoms with E-state index < -0.39 is 18.0 Å². The fourth-order valence-electron chi connectivity index (χ4n) is 4.19. The standard InChI is InChI=1S/C29H27ClN4O5/c1-34(17-20-15-26(35)32-24-13-10-21(30)16-23(20)24)28(37)25(14-18-6-4-3-5-7-18)33-27(36)19-8-11-22(12-9-19)31-29(38)39-2/h3-13,15-16,25H,14,17H2,1-2H3,(H,31,38)(H,32,35)(H,33,36)/t25-/m0/s1. The summed E-state index contributed by atoms with van der Waals surface area (Å²) in [6.07, 6.45) is -0.362. The number of methoxy groups -OCH3 is 1. The molecule has 3 N–H and O–H groups in total. The number of rotatable bonds is 8. The molecule has 1 atom stereocenters. The fraction of sp³-hybridized carbons (Fsp3) is 0.172. The highest BCUT2D eigenvalue weighted by Crippen LogP contribution is 2.21. The predicted octanol–water partition coefficient (Wildman–Crippen LogP) is 4.36. The van der Waals surface area contributed by atoms with Crippen LogP contribution in [0.1, 0.15) is 21.5 Å². The van der Waals surface area contributed by atoms with Crippen molar-refractivity contribution in [3.63, 3.8) is 0 Å². The molecule has 0 fully saturated rings. The molecule has 4 aromatic rings. The lowest BCUT2D eigenvalue weighted by molar-refractivity contribution is -0.132. The van der Waals surface area contributed by atoms with E-state index in [1.165, 1.54) is 18.1 Å². The van der Waals surface area contributed by atoms with Crippen molar-refractivity contribution in [2.75, 3.05) is 19.5 Å². The number of H-pyrrole nitrogens is 1. The van der Waals surface area contributed by atoms with Gasteiger partial charge < -0.3 is 19.9 Å². The van der Waals surface area contributed by atoms with E-state index in [-0.39, 0.29) is 24.4 Å². The Balaban J connectivity index is 1.56. The third-order valence-corrected chi connectivity index (χ3v) is 6.37. The van der Waals surface area contributed by atoms with Crippen molar-refractivity contribution in [3.8, 4) is 0 Å². The molecule has 0 bridgehead atoms. The molecule has 200 valence electrons. The van der Waals surface area contributed by atoms with Crippen molar-refractivity contribution in [3.05, 3.63) is 111 Å². The van der Waals surface area contributed by atoms with Gasteiger partial charge in [-0.05, 0) is 53.6 Å². The molecule has 9 nitrogen and oxygen atoms in total. The van der Waals surface area contributed by atoms with Gasteiger partial charge in [0.15, 0.2) is 0 Å². The van der Waals surface area contributed by atoms with E-state index in [0.29, 0.717) is 27.4 Å². The SMILES string of the molecule is COC(=O)Nc1ccc(C(=O)N[C@@H](Cc2ccccc2)C(=O)N(C)Cc2cc(=O)[nH]c3ccc(Cl)cc23)cc1.